The van der Waals surface area contributed by atoms with Crippen molar-refractivity contribution in [3.05, 3.63) is 66.2 Å². The first kappa shape index (κ1) is 20.0. The van der Waals surface area contributed by atoms with Crippen LogP contribution in [0.3, 0.4) is 0 Å². The summed E-state index contributed by atoms with van der Waals surface area (Å²) >= 11 is 1.66. The highest BCUT2D eigenvalue weighted by molar-refractivity contribution is 7.98. The topological polar surface area (TPSA) is 49.9 Å². The number of nitrogens with zero attached hydrogens (tertiary/aromatic N) is 2. The molecule has 2 aromatic rings. The van der Waals surface area contributed by atoms with E-state index in [1.165, 1.54) is 6.08 Å². The van der Waals surface area contributed by atoms with Gasteiger partial charge in [-0.25, -0.2) is 4.79 Å². The van der Waals surface area contributed by atoms with E-state index in [1.54, 1.807) is 22.7 Å². The van der Waals surface area contributed by atoms with Gasteiger partial charge in [-0.1, -0.05) is 30.3 Å². The molecule has 6 heteroatoms. The predicted molar refractivity (Wildman–Crippen MR) is 113 cm³/mol. The quantitative estimate of drug-likeness (QED) is 0.426. The van der Waals surface area contributed by atoms with E-state index in [-0.39, 0.29) is 12.5 Å². The summed E-state index contributed by atoms with van der Waals surface area (Å²) < 4.78 is 5.10. The van der Waals surface area contributed by atoms with Crippen LogP contribution in [0.25, 0.3) is 6.08 Å². The van der Waals surface area contributed by atoms with Crippen LogP contribution in [-0.2, 0) is 14.3 Å². The Morgan fingerprint density at radius 1 is 1.00 bits per heavy atom. The Hall–Kier alpha value is -2.73. The highest BCUT2D eigenvalue weighted by Crippen LogP contribution is 2.16. The number of ether oxygens (including phenoxy) is 1. The van der Waals surface area contributed by atoms with Gasteiger partial charge in [-0.2, -0.15) is 0 Å². The number of rotatable bonds is 6. The van der Waals surface area contributed by atoms with E-state index in [9.17, 15) is 9.59 Å². The fourth-order valence-corrected chi connectivity index (χ4v) is 3.41. The van der Waals surface area contributed by atoms with Gasteiger partial charge in [-0.15, -0.1) is 11.8 Å². The van der Waals surface area contributed by atoms with Crippen molar-refractivity contribution < 1.29 is 14.3 Å². The molecular formula is C22H24N2O3S. The summed E-state index contributed by atoms with van der Waals surface area (Å²) in [6.07, 6.45) is 5.06. The summed E-state index contributed by atoms with van der Waals surface area (Å²) in [5, 5.41) is 0. The van der Waals surface area contributed by atoms with Gasteiger partial charge in [0.2, 0.25) is 0 Å². The minimum Gasteiger partial charge on any atom is -0.452 e. The normalized spacial score (nSPS) is 14.3. The molecule has 0 aliphatic carbocycles. The number of hydrogen-bond acceptors (Lipinski definition) is 5. The zero-order chi connectivity index (χ0) is 19.8. The smallest absolute Gasteiger partial charge is 0.331 e. The van der Waals surface area contributed by atoms with Crippen LogP contribution >= 0.6 is 11.8 Å². The molecule has 1 amide bonds. The third kappa shape index (κ3) is 5.63. The molecule has 0 atom stereocenters. The number of para-hydroxylation sites is 1. The SMILES string of the molecule is CSc1ccc(C=CC(=O)OCC(=O)N2CCN(c3ccccc3)CC2)cc1. The maximum Gasteiger partial charge on any atom is 0.331 e. The number of amides is 1. The van der Waals surface area contributed by atoms with Gasteiger partial charge >= 0.3 is 5.97 Å². The molecule has 1 fully saturated rings. The molecule has 3 rings (SSSR count). The summed E-state index contributed by atoms with van der Waals surface area (Å²) in [6.45, 7) is 2.58. The van der Waals surface area contributed by atoms with Crippen molar-refractivity contribution in [3.63, 3.8) is 0 Å². The molecule has 0 unspecified atom stereocenters. The number of thioether (sulfide) groups is 1. The molecule has 0 aromatic heterocycles. The van der Waals surface area contributed by atoms with Crippen LogP contribution in [0.15, 0.2) is 65.6 Å². The second-order valence-electron chi connectivity index (χ2n) is 6.42. The molecule has 1 saturated heterocycles. The minimum absolute atomic E-state index is 0.154. The lowest BCUT2D eigenvalue weighted by Crippen LogP contribution is -2.49. The van der Waals surface area contributed by atoms with Crippen molar-refractivity contribution in [2.45, 2.75) is 4.90 Å². The number of esters is 1. The van der Waals surface area contributed by atoms with Crippen LogP contribution in [0.2, 0.25) is 0 Å². The monoisotopic (exact) mass is 396 g/mol. The van der Waals surface area contributed by atoms with Crippen LogP contribution in [0, 0.1) is 0 Å². The Bertz CT molecular complexity index is 813. The molecule has 0 N–H and O–H groups in total. The van der Waals surface area contributed by atoms with Crippen molar-refractivity contribution in [3.8, 4) is 0 Å². The molecule has 0 spiro atoms. The standard InChI is InChI=1S/C22H24N2O3S/c1-28-20-10-7-18(8-11-20)9-12-22(26)27-17-21(25)24-15-13-23(14-16-24)19-5-3-2-4-6-19/h2-12H,13-17H2,1H3. The van der Waals surface area contributed by atoms with E-state index in [2.05, 4.69) is 17.0 Å². The lowest BCUT2D eigenvalue weighted by molar-refractivity contribution is -0.148. The van der Waals surface area contributed by atoms with E-state index in [0.717, 1.165) is 29.2 Å². The van der Waals surface area contributed by atoms with E-state index in [4.69, 9.17) is 4.74 Å². The number of anilines is 1. The van der Waals surface area contributed by atoms with E-state index in [1.807, 2.05) is 48.7 Å². The minimum atomic E-state index is -0.509. The van der Waals surface area contributed by atoms with Crippen LogP contribution in [0.1, 0.15) is 5.56 Å². The number of carbonyl (C=O) groups is 2. The molecule has 1 aliphatic heterocycles. The Kier molecular flexibility index (Phi) is 7.14. The van der Waals surface area contributed by atoms with Gasteiger partial charge in [0.05, 0.1) is 0 Å². The van der Waals surface area contributed by atoms with Crippen LogP contribution in [-0.4, -0.2) is 55.8 Å². The summed E-state index contributed by atoms with van der Waals surface area (Å²) in [5.41, 5.74) is 2.08. The van der Waals surface area contributed by atoms with Crippen LogP contribution in [0.4, 0.5) is 5.69 Å². The highest BCUT2D eigenvalue weighted by atomic mass is 32.2. The van der Waals surface area contributed by atoms with Crippen LogP contribution in [0.5, 0.6) is 0 Å². The maximum absolute atomic E-state index is 12.3. The van der Waals surface area contributed by atoms with Crippen molar-refractivity contribution in [1.29, 1.82) is 0 Å². The zero-order valence-corrected chi connectivity index (χ0v) is 16.7. The summed E-state index contributed by atoms with van der Waals surface area (Å²) in [4.78, 5) is 29.3. The average Bonchev–Trinajstić information content (AvgIpc) is 2.77. The molecule has 0 saturated carbocycles. The van der Waals surface area contributed by atoms with Gasteiger partial charge in [-0.3, -0.25) is 4.79 Å². The van der Waals surface area contributed by atoms with Crippen molar-refractivity contribution in [2.75, 3.05) is 43.9 Å². The molecule has 0 radical (unpaired) electrons. The molecule has 5 nitrogen and oxygen atoms in total. The van der Waals surface area contributed by atoms with Gasteiger partial charge in [-0.05, 0) is 42.2 Å². The molecule has 1 heterocycles. The molecule has 0 bridgehead atoms. The second kappa shape index (κ2) is 9.99. The Labute approximate surface area is 170 Å². The van der Waals surface area contributed by atoms with Gasteiger partial charge in [0.15, 0.2) is 6.61 Å². The third-order valence-corrected chi connectivity index (χ3v) is 5.36. The Morgan fingerprint density at radius 2 is 1.68 bits per heavy atom. The van der Waals surface area contributed by atoms with Gasteiger partial charge in [0, 0.05) is 42.8 Å². The van der Waals surface area contributed by atoms with Crippen molar-refractivity contribution in [2.24, 2.45) is 0 Å². The number of benzene rings is 2. The van der Waals surface area contributed by atoms with E-state index in [0.29, 0.717) is 13.1 Å². The first-order chi connectivity index (χ1) is 13.7. The van der Waals surface area contributed by atoms with Gasteiger partial charge in [0.1, 0.15) is 0 Å². The zero-order valence-electron chi connectivity index (χ0n) is 15.9. The maximum atomic E-state index is 12.3. The van der Waals surface area contributed by atoms with Crippen molar-refractivity contribution in [1.82, 2.24) is 4.90 Å². The average molecular weight is 397 g/mol. The fourth-order valence-electron chi connectivity index (χ4n) is 3.00. The first-order valence-corrected chi connectivity index (χ1v) is 10.4. The lowest BCUT2D eigenvalue weighted by Gasteiger charge is -2.36. The summed E-state index contributed by atoms with van der Waals surface area (Å²) in [6, 6.07) is 18.0. The fraction of sp³-hybridized carbons (Fsp3) is 0.273. The molecule has 146 valence electrons. The predicted octanol–water partition coefficient (Wildman–Crippen LogP) is 3.31. The largest absolute Gasteiger partial charge is 0.452 e. The first-order valence-electron chi connectivity index (χ1n) is 9.22. The molecule has 28 heavy (non-hydrogen) atoms. The molecule has 2 aromatic carbocycles. The summed E-state index contributed by atoms with van der Waals surface area (Å²) in [5.74, 6) is -0.663. The Morgan fingerprint density at radius 3 is 2.32 bits per heavy atom. The second-order valence-corrected chi connectivity index (χ2v) is 7.30. The van der Waals surface area contributed by atoms with E-state index >= 15 is 0 Å². The summed E-state index contributed by atoms with van der Waals surface area (Å²) in [7, 11) is 0. The highest BCUT2D eigenvalue weighted by Gasteiger charge is 2.21. The Balaban J connectivity index is 1.41. The lowest BCUT2D eigenvalue weighted by atomic mass is 10.2. The van der Waals surface area contributed by atoms with E-state index < -0.39 is 5.97 Å². The molecular weight excluding hydrogens is 372 g/mol. The number of carbonyl (C=O) groups excluding carboxylic acids is 2. The van der Waals surface area contributed by atoms with Crippen molar-refractivity contribution >= 4 is 35.4 Å². The third-order valence-electron chi connectivity index (χ3n) is 4.62. The molecule has 1 aliphatic rings. The van der Waals surface area contributed by atoms with Gasteiger partial charge < -0.3 is 14.5 Å². The number of hydrogen-bond donors (Lipinski definition) is 0. The number of piperazine rings is 1. The van der Waals surface area contributed by atoms with Crippen LogP contribution < -0.4 is 4.90 Å². The van der Waals surface area contributed by atoms with Gasteiger partial charge in [0.25, 0.3) is 5.91 Å².